The molecule has 2 unspecified atom stereocenters. The number of nitrogens with zero attached hydrogens (tertiary/aromatic N) is 1. The molecule has 1 fully saturated rings. The first-order chi connectivity index (χ1) is 8.70. The molecule has 1 aliphatic rings. The highest BCUT2D eigenvalue weighted by Gasteiger charge is 2.22. The zero-order chi connectivity index (χ0) is 13.0. The fourth-order valence-electron chi connectivity index (χ4n) is 2.50. The molecular weight excluding hydrogens is 268 g/mol. The van der Waals surface area contributed by atoms with E-state index in [4.69, 9.17) is 11.6 Å². The van der Waals surface area contributed by atoms with Crippen molar-refractivity contribution in [3.8, 4) is 0 Å². The molecule has 1 aliphatic heterocycles. The van der Waals surface area contributed by atoms with Crippen molar-refractivity contribution in [1.29, 1.82) is 0 Å². The first-order valence-electron chi connectivity index (χ1n) is 6.54. The lowest BCUT2D eigenvalue weighted by molar-refractivity contribution is 0.149. The Bertz CT molecular complexity index is 366. The van der Waals surface area contributed by atoms with Crippen LogP contribution in [0.1, 0.15) is 30.7 Å². The molecule has 0 radical (unpaired) electrons. The second-order valence-electron chi connectivity index (χ2n) is 4.83. The molecule has 1 saturated heterocycles. The summed E-state index contributed by atoms with van der Waals surface area (Å²) in [5.41, 5.74) is 0. The van der Waals surface area contributed by atoms with Crippen LogP contribution in [0.2, 0.25) is 4.34 Å². The van der Waals surface area contributed by atoms with Crippen LogP contribution >= 0.6 is 22.9 Å². The number of aliphatic hydroxyl groups excluding tert-OH is 1. The van der Waals surface area contributed by atoms with Crippen molar-refractivity contribution in [1.82, 2.24) is 10.2 Å². The third kappa shape index (κ3) is 3.68. The summed E-state index contributed by atoms with van der Waals surface area (Å²) >= 11 is 7.62. The maximum Gasteiger partial charge on any atom is 0.0931 e. The second-order valence-corrected chi connectivity index (χ2v) is 6.58. The Hall–Kier alpha value is -0.130. The Morgan fingerprint density at radius 2 is 2.44 bits per heavy atom. The van der Waals surface area contributed by atoms with Gasteiger partial charge in [0.05, 0.1) is 10.9 Å². The molecule has 0 aliphatic carbocycles. The molecule has 0 aromatic carbocycles. The zero-order valence-corrected chi connectivity index (χ0v) is 12.3. The van der Waals surface area contributed by atoms with E-state index in [1.807, 2.05) is 6.07 Å². The number of rotatable bonds is 6. The average molecular weight is 289 g/mol. The highest BCUT2D eigenvalue weighted by Crippen LogP contribution is 2.30. The molecule has 102 valence electrons. The van der Waals surface area contributed by atoms with Gasteiger partial charge in [0.2, 0.25) is 0 Å². The summed E-state index contributed by atoms with van der Waals surface area (Å²) < 4.78 is 0.833. The number of hydrogen-bond acceptors (Lipinski definition) is 4. The topological polar surface area (TPSA) is 35.5 Å². The highest BCUT2D eigenvalue weighted by molar-refractivity contribution is 7.16. The van der Waals surface area contributed by atoms with Crippen LogP contribution in [0.4, 0.5) is 0 Å². The third-order valence-electron chi connectivity index (χ3n) is 3.56. The molecule has 5 heteroatoms. The van der Waals surface area contributed by atoms with Crippen LogP contribution in [-0.2, 0) is 0 Å². The summed E-state index contributed by atoms with van der Waals surface area (Å²) in [6.07, 6.45) is 2.50. The smallest absolute Gasteiger partial charge is 0.0931 e. The number of hydrogen-bond donors (Lipinski definition) is 2. The van der Waals surface area contributed by atoms with E-state index in [2.05, 4.69) is 23.2 Å². The van der Waals surface area contributed by atoms with Crippen LogP contribution in [0.3, 0.4) is 0 Å². The van der Waals surface area contributed by atoms with Gasteiger partial charge in [-0.2, -0.15) is 0 Å². The first-order valence-corrected chi connectivity index (χ1v) is 7.73. The van der Waals surface area contributed by atoms with Gasteiger partial charge in [-0.25, -0.2) is 0 Å². The molecule has 2 rings (SSSR count). The van der Waals surface area contributed by atoms with Gasteiger partial charge < -0.3 is 10.4 Å². The quantitative estimate of drug-likeness (QED) is 0.844. The van der Waals surface area contributed by atoms with Gasteiger partial charge in [0.1, 0.15) is 0 Å². The van der Waals surface area contributed by atoms with E-state index in [1.54, 1.807) is 11.3 Å². The van der Waals surface area contributed by atoms with Gasteiger partial charge in [0.15, 0.2) is 0 Å². The van der Waals surface area contributed by atoms with Gasteiger partial charge in [-0.3, -0.25) is 4.90 Å². The lowest BCUT2D eigenvalue weighted by Gasteiger charge is -2.30. The number of aliphatic hydroxyl groups is 1. The molecule has 18 heavy (non-hydrogen) atoms. The van der Waals surface area contributed by atoms with E-state index in [-0.39, 0.29) is 6.61 Å². The number of nitrogens with one attached hydrogen (secondary N) is 1. The fourth-order valence-corrected chi connectivity index (χ4v) is 3.65. The largest absolute Gasteiger partial charge is 0.395 e. The van der Waals surface area contributed by atoms with Gasteiger partial charge in [-0.1, -0.05) is 11.6 Å². The van der Waals surface area contributed by atoms with Crippen LogP contribution in [0.25, 0.3) is 0 Å². The van der Waals surface area contributed by atoms with Crippen LogP contribution in [0.5, 0.6) is 0 Å². The van der Waals surface area contributed by atoms with Crippen LogP contribution in [0, 0.1) is 0 Å². The summed E-state index contributed by atoms with van der Waals surface area (Å²) in [4.78, 5) is 3.61. The van der Waals surface area contributed by atoms with E-state index < -0.39 is 0 Å². The maximum atomic E-state index is 9.23. The molecule has 2 atom stereocenters. The van der Waals surface area contributed by atoms with Crippen LogP contribution in [-0.4, -0.2) is 42.3 Å². The maximum absolute atomic E-state index is 9.23. The van der Waals surface area contributed by atoms with Crippen LogP contribution in [0.15, 0.2) is 12.1 Å². The second kappa shape index (κ2) is 6.87. The van der Waals surface area contributed by atoms with Gasteiger partial charge in [-0.15, -0.1) is 11.3 Å². The van der Waals surface area contributed by atoms with Crippen molar-refractivity contribution in [3.05, 3.63) is 21.3 Å². The van der Waals surface area contributed by atoms with E-state index >= 15 is 0 Å². The monoisotopic (exact) mass is 288 g/mol. The standard InChI is InChI=1S/C13H21ClN2OS/c1-10(12-4-5-13(14)18-12)16(7-8-17)9-11-3-2-6-15-11/h4-5,10-11,15,17H,2-3,6-9H2,1H3. The Kier molecular flexibility index (Phi) is 5.45. The molecule has 0 spiro atoms. The molecule has 1 aromatic heterocycles. The van der Waals surface area contributed by atoms with Gasteiger partial charge in [0, 0.05) is 30.1 Å². The molecule has 2 heterocycles. The summed E-state index contributed by atoms with van der Waals surface area (Å²) in [6.45, 7) is 5.23. The van der Waals surface area contributed by atoms with E-state index in [0.29, 0.717) is 12.1 Å². The third-order valence-corrected chi connectivity index (χ3v) is 4.96. The summed E-state index contributed by atoms with van der Waals surface area (Å²) in [5.74, 6) is 0. The SMILES string of the molecule is CC(c1ccc(Cl)s1)N(CCO)CC1CCCN1. The predicted molar refractivity (Wildman–Crippen MR) is 77.4 cm³/mol. The molecule has 3 nitrogen and oxygen atoms in total. The molecule has 0 bridgehead atoms. The van der Waals surface area contributed by atoms with Gasteiger partial charge >= 0.3 is 0 Å². The minimum atomic E-state index is 0.205. The van der Waals surface area contributed by atoms with Crippen LogP contribution < -0.4 is 5.32 Å². The van der Waals surface area contributed by atoms with Crippen molar-refractivity contribution >= 4 is 22.9 Å². The molecular formula is C13H21ClN2OS. The van der Waals surface area contributed by atoms with E-state index in [1.165, 1.54) is 17.7 Å². The number of halogens is 1. The van der Waals surface area contributed by atoms with Crippen molar-refractivity contribution in [3.63, 3.8) is 0 Å². The lowest BCUT2D eigenvalue weighted by Crippen LogP contribution is -2.40. The molecule has 0 amide bonds. The predicted octanol–water partition coefficient (Wildman–Crippen LogP) is 2.51. The van der Waals surface area contributed by atoms with Crippen molar-refractivity contribution in [2.24, 2.45) is 0 Å². The summed E-state index contributed by atoms with van der Waals surface area (Å²) in [6, 6.07) is 4.92. The van der Waals surface area contributed by atoms with Gasteiger partial charge in [-0.05, 0) is 38.4 Å². The first kappa shape index (κ1) is 14.3. The lowest BCUT2D eigenvalue weighted by atomic mass is 10.1. The average Bonchev–Trinajstić information content (AvgIpc) is 2.99. The van der Waals surface area contributed by atoms with Crippen molar-refractivity contribution < 1.29 is 5.11 Å². The molecule has 2 N–H and O–H groups in total. The Morgan fingerprint density at radius 3 is 3.00 bits per heavy atom. The Morgan fingerprint density at radius 1 is 1.61 bits per heavy atom. The molecule has 0 saturated carbocycles. The number of thiophene rings is 1. The van der Waals surface area contributed by atoms with E-state index in [0.717, 1.165) is 24.0 Å². The normalized spacial score (nSPS) is 21.7. The fraction of sp³-hybridized carbons (Fsp3) is 0.692. The Labute approximate surface area is 118 Å². The molecule has 1 aromatic rings. The van der Waals surface area contributed by atoms with E-state index in [9.17, 15) is 5.11 Å². The van der Waals surface area contributed by atoms with Crippen molar-refractivity contribution in [2.45, 2.75) is 31.8 Å². The minimum Gasteiger partial charge on any atom is -0.395 e. The minimum absolute atomic E-state index is 0.205. The summed E-state index contributed by atoms with van der Waals surface area (Å²) in [7, 11) is 0. The highest BCUT2D eigenvalue weighted by atomic mass is 35.5. The van der Waals surface area contributed by atoms with Crippen molar-refractivity contribution in [2.75, 3.05) is 26.2 Å². The Balaban J connectivity index is 1.98. The van der Waals surface area contributed by atoms with Gasteiger partial charge in [0.25, 0.3) is 0 Å². The zero-order valence-electron chi connectivity index (χ0n) is 10.7. The summed E-state index contributed by atoms with van der Waals surface area (Å²) in [5, 5.41) is 12.7.